The molecule has 0 spiro atoms. The largest absolute Gasteiger partial charge is 0.481 e. The van der Waals surface area contributed by atoms with Gasteiger partial charge in [0.2, 0.25) is 11.8 Å². The van der Waals surface area contributed by atoms with Gasteiger partial charge in [-0.05, 0) is 17.7 Å². The number of nitrogens with zero attached hydrogens (tertiary/aromatic N) is 2. The molecule has 0 fully saturated rings. The van der Waals surface area contributed by atoms with Gasteiger partial charge in [-0.1, -0.05) is 18.2 Å². The molecule has 0 atom stereocenters. The number of carbonyl (C=O) groups excluding carboxylic acids is 1. The molecule has 2 heterocycles. The lowest BCUT2D eigenvalue weighted by molar-refractivity contribution is -0.121. The van der Waals surface area contributed by atoms with Gasteiger partial charge >= 0.3 is 0 Å². The van der Waals surface area contributed by atoms with Gasteiger partial charge < -0.3 is 10.1 Å². The number of aryl methyl sites for hydroxylation is 1. The van der Waals surface area contributed by atoms with Crippen molar-refractivity contribution in [3.63, 3.8) is 0 Å². The van der Waals surface area contributed by atoms with Gasteiger partial charge in [0.25, 0.3) is 11.1 Å². The van der Waals surface area contributed by atoms with Crippen LogP contribution in [0, 0.1) is 0 Å². The molecule has 3 rings (SSSR count). The highest BCUT2D eigenvalue weighted by Gasteiger charge is 2.08. The lowest BCUT2D eigenvalue weighted by atomic mass is 10.2. The predicted molar refractivity (Wildman–Crippen MR) is 96.1 cm³/mol. The quantitative estimate of drug-likeness (QED) is 0.681. The SMILES string of the molecule is COc1ccc(CNC(=O)CCn2[nH]c(=O)c3ccccc3c2=O)cn1. The van der Waals surface area contributed by atoms with E-state index in [9.17, 15) is 14.4 Å². The van der Waals surface area contributed by atoms with Crippen LogP contribution < -0.4 is 21.2 Å². The molecule has 1 aromatic carbocycles. The zero-order chi connectivity index (χ0) is 18.5. The summed E-state index contributed by atoms with van der Waals surface area (Å²) in [7, 11) is 1.53. The van der Waals surface area contributed by atoms with Gasteiger partial charge in [0.15, 0.2) is 0 Å². The summed E-state index contributed by atoms with van der Waals surface area (Å²) in [5, 5.41) is 5.93. The molecule has 134 valence electrons. The molecule has 0 bridgehead atoms. The van der Waals surface area contributed by atoms with Crippen molar-refractivity contribution in [2.75, 3.05) is 7.11 Å². The number of pyridine rings is 1. The lowest BCUT2D eigenvalue weighted by Gasteiger charge is -2.08. The van der Waals surface area contributed by atoms with E-state index < -0.39 is 0 Å². The summed E-state index contributed by atoms with van der Waals surface area (Å²) < 4.78 is 6.14. The van der Waals surface area contributed by atoms with Crippen molar-refractivity contribution in [2.24, 2.45) is 0 Å². The predicted octanol–water partition coefficient (Wildman–Crippen LogP) is 0.800. The molecule has 0 aliphatic heterocycles. The zero-order valence-electron chi connectivity index (χ0n) is 14.2. The summed E-state index contributed by atoms with van der Waals surface area (Å²) in [5.74, 6) is 0.265. The fraction of sp³-hybridized carbons (Fsp3) is 0.222. The van der Waals surface area contributed by atoms with E-state index in [0.29, 0.717) is 23.2 Å². The maximum Gasteiger partial charge on any atom is 0.273 e. The topological polar surface area (TPSA) is 106 Å². The molecular weight excluding hydrogens is 336 g/mol. The minimum atomic E-state index is -0.357. The van der Waals surface area contributed by atoms with Crippen molar-refractivity contribution < 1.29 is 9.53 Å². The van der Waals surface area contributed by atoms with Crippen molar-refractivity contribution >= 4 is 16.7 Å². The molecule has 3 aromatic rings. The molecular formula is C18H18N4O4. The Morgan fingerprint density at radius 3 is 2.65 bits per heavy atom. The third kappa shape index (κ3) is 3.80. The van der Waals surface area contributed by atoms with E-state index >= 15 is 0 Å². The molecule has 0 aliphatic carbocycles. The van der Waals surface area contributed by atoms with Crippen molar-refractivity contribution in [3.05, 3.63) is 68.9 Å². The monoisotopic (exact) mass is 354 g/mol. The van der Waals surface area contributed by atoms with Gasteiger partial charge in [-0.2, -0.15) is 0 Å². The number of aromatic amines is 1. The molecule has 26 heavy (non-hydrogen) atoms. The molecule has 0 saturated heterocycles. The number of ether oxygens (including phenoxy) is 1. The van der Waals surface area contributed by atoms with E-state index in [0.717, 1.165) is 5.56 Å². The van der Waals surface area contributed by atoms with Crippen LogP contribution in [0.1, 0.15) is 12.0 Å². The summed E-state index contributed by atoms with van der Waals surface area (Å²) in [6.07, 6.45) is 1.68. The number of hydrogen-bond acceptors (Lipinski definition) is 5. The first-order chi connectivity index (χ1) is 12.6. The first-order valence-corrected chi connectivity index (χ1v) is 8.06. The fourth-order valence-corrected chi connectivity index (χ4v) is 2.54. The van der Waals surface area contributed by atoms with Gasteiger partial charge in [0.1, 0.15) is 0 Å². The van der Waals surface area contributed by atoms with Crippen molar-refractivity contribution in [2.45, 2.75) is 19.5 Å². The number of hydrogen-bond donors (Lipinski definition) is 2. The number of carbonyl (C=O) groups is 1. The Hall–Kier alpha value is -3.42. The fourth-order valence-electron chi connectivity index (χ4n) is 2.54. The Bertz CT molecular complexity index is 1040. The third-order valence-electron chi connectivity index (χ3n) is 3.94. The van der Waals surface area contributed by atoms with Crippen molar-refractivity contribution in [1.29, 1.82) is 0 Å². The second-order valence-electron chi connectivity index (χ2n) is 5.68. The molecule has 0 saturated carbocycles. The molecule has 0 aliphatic rings. The molecule has 0 radical (unpaired) electrons. The summed E-state index contributed by atoms with van der Waals surface area (Å²) in [6, 6.07) is 10.1. The number of nitrogens with one attached hydrogen (secondary N) is 2. The van der Waals surface area contributed by atoms with Crippen LogP contribution in [0.2, 0.25) is 0 Å². The van der Waals surface area contributed by atoms with Crippen LogP contribution in [0.3, 0.4) is 0 Å². The van der Waals surface area contributed by atoms with Crippen LogP contribution in [0.5, 0.6) is 5.88 Å². The molecule has 2 aromatic heterocycles. The van der Waals surface area contributed by atoms with Crippen molar-refractivity contribution in [1.82, 2.24) is 20.1 Å². The van der Waals surface area contributed by atoms with Gasteiger partial charge in [-0.25, -0.2) is 9.67 Å². The van der Waals surface area contributed by atoms with E-state index in [1.54, 1.807) is 42.6 Å². The number of amides is 1. The third-order valence-corrected chi connectivity index (χ3v) is 3.94. The Morgan fingerprint density at radius 2 is 1.96 bits per heavy atom. The highest BCUT2D eigenvalue weighted by molar-refractivity contribution is 5.80. The maximum atomic E-state index is 12.4. The van der Waals surface area contributed by atoms with Crippen LogP contribution in [0.25, 0.3) is 10.8 Å². The smallest absolute Gasteiger partial charge is 0.273 e. The molecule has 1 amide bonds. The van der Waals surface area contributed by atoms with Crippen LogP contribution in [0.4, 0.5) is 0 Å². The van der Waals surface area contributed by atoms with E-state index in [1.165, 1.54) is 11.8 Å². The molecule has 0 unspecified atom stereocenters. The normalized spacial score (nSPS) is 10.7. The van der Waals surface area contributed by atoms with Gasteiger partial charge in [0, 0.05) is 25.2 Å². The van der Waals surface area contributed by atoms with Gasteiger partial charge in [-0.15, -0.1) is 0 Å². The Balaban J connectivity index is 1.62. The van der Waals surface area contributed by atoms with Crippen molar-refractivity contribution in [3.8, 4) is 5.88 Å². The summed E-state index contributed by atoms with van der Waals surface area (Å²) >= 11 is 0. The number of methoxy groups -OCH3 is 1. The minimum absolute atomic E-state index is 0.0672. The second-order valence-corrected chi connectivity index (χ2v) is 5.68. The number of fused-ring (bicyclic) bond motifs is 1. The van der Waals surface area contributed by atoms with Crippen LogP contribution in [-0.2, 0) is 17.9 Å². The summed E-state index contributed by atoms with van der Waals surface area (Å²) in [6.45, 7) is 0.407. The van der Waals surface area contributed by atoms with E-state index in [4.69, 9.17) is 4.74 Å². The molecule has 8 nitrogen and oxygen atoms in total. The summed E-state index contributed by atoms with van der Waals surface area (Å²) in [5.41, 5.74) is 0.146. The highest BCUT2D eigenvalue weighted by Crippen LogP contribution is 2.06. The van der Waals surface area contributed by atoms with Crippen LogP contribution in [0.15, 0.2) is 52.2 Å². The Morgan fingerprint density at radius 1 is 1.19 bits per heavy atom. The molecule has 2 N–H and O–H groups in total. The van der Waals surface area contributed by atoms with E-state index in [1.807, 2.05) is 0 Å². The van der Waals surface area contributed by atoms with Crippen LogP contribution >= 0.6 is 0 Å². The standard InChI is InChI=1S/C18H18N4O4/c1-26-16-7-6-12(11-20-16)10-19-15(23)8-9-22-18(25)14-5-3-2-4-13(14)17(24)21-22/h2-7,11H,8-10H2,1H3,(H,19,23)(H,21,24). The second kappa shape index (κ2) is 7.64. The van der Waals surface area contributed by atoms with Crippen LogP contribution in [-0.4, -0.2) is 27.8 Å². The molecule has 8 heteroatoms. The average molecular weight is 354 g/mol. The zero-order valence-corrected chi connectivity index (χ0v) is 14.2. The number of rotatable bonds is 6. The average Bonchev–Trinajstić information content (AvgIpc) is 2.68. The number of aromatic nitrogens is 3. The maximum absolute atomic E-state index is 12.4. The number of H-pyrrole nitrogens is 1. The summed E-state index contributed by atoms with van der Waals surface area (Å²) in [4.78, 5) is 40.5. The first kappa shape index (κ1) is 17.4. The van der Waals surface area contributed by atoms with E-state index in [-0.39, 0.29) is 30.0 Å². The van der Waals surface area contributed by atoms with E-state index in [2.05, 4.69) is 15.4 Å². The minimum Gasteiger partial charge on any atom is -0.481 e. The van der Waals surface area contributed by atoms with Gasteiger partial charge in [-0.3, -0.25) is 19.5 Å². The Kier molecular flexibility index (Phi) is 5.12. The highest BCUT2D eigenvalue weighted by atomic mass is 16.5. The van der Waals surface area contributed by atoms with Gasteiger partial charge in [0.05, 0.1) is 24.4 Å². The number of benzene rings is 1. The first-order valence-electron chi connectivity index (χ1n) is 8.06. The Labute approximate surface area is 148 Å². The lowest BCUT2D eigenvalue weighted by Crippen LogP contribution is -2.32.